The molecule has 2 aromatic rings. The highest BCUT2D eigenvalue weighted by atomic mass is 28.4. The average Bonchev–Trinajstić information content (AvgIpc) is 2.42. The van der Waals surface area contributed by atoms with Crippen LogP contribution in [0.2, 0.25) is 18.1 Å². The summed E-state index contributed by atoms with van der Waals surface area (Å²) in [5.74, 6) is 0.760. The molecule has 0 bridgehead atoms. The molecule has 1 aromatic carbocycles. The van der Waals surface area contributed by atoms with Crippen molar-refractivity contribution < 1.29 is 13.6 Å². The van der Waals surface area contributed by atoms with Crippen LogP contribution in [-0.4, -0.2) is 22.0 Å². The van der Waals surface area contributed by atoms with Crippen LogP contribution >= 0.6 is 0 Å². The standard InChI is InChI=1S/C18H26O4Si/c1-18(2,3)23(5,6)22-14-7-8-15-13(9-10-20-4)11-17(19)21-16(15)12-14/h7-8,11-12H,9-10H2,1-6H3. The molecule has 0 amide bonds. The minimum absolute atomic E-state index is 0.114. The van der Waals surface area contributed by atoms with Crippen molar-refractivity contribution in [3.8, 4) is 5.75 Å². The number of methoxy groups -OCH3 is 1. The van der Waals surface area contributed by atoms with Crippen LogP contribution in [0.25, 0.3) is 11.0 Å². The van der Waals surface area contributed by atoms with Gasteiger partial charge in [-0.15, -0.1) is 0 Å². The highest BCUT2D eigenvalue weighted by Gasteiger charge is 2.39. The van der Waals surface area contributed by atoms with E-state index in [9.17, 15) is 4.79 Å². The Morgan fingerprint density at radius 1 is 1.17 bits per heavy atom. The third kappa shape index (κ3) is 4.03. The SMILES string of the molecule is COCCc1cc(=O)oc2cc(O[Si](C)(C)C(C)(C)C)ccc12. The Kier molecular flexibility index (Phi) is 5.01. The van der Waals surface area contributed by atoms with Gasteiger partial charge < -0.3 is 13.6 Å². The molecular weight excluding hydrogens is 308 g/mol. The fraction of sp³-hybridized carbons (Fsp3) is 0.500. The maximum atomic E-state index is 11.8. The van der Waals surface area contributed by atoms with Crippen molar-refractivity contribution in [2.75, 3.05) is 13.7 Å². The van der Waals surface area contributed by atoms with Gasteiger partial charge in [-0.2, -0.15) is 0 Å². The first kappa shape index (κ1) is 17.8. The monoisotopic (exact) mass is 334 g/mol. The lowest BCUT2D eigenvalue weighted by atomic mass is 10.1. The molecule has 1 heterocycles. The summed E-state index contributed by atoms with van der Waals surface area (Å²) in [5, 5.41) is 1.05. The van der Waals surface area contributed by atoms with Gasteiger partial charge in [-0.1, -0.05) is 20.8 Å². The predicted octanol–water partition coefficient (Wildman–Crippen LogP) is 4.37. The Bertz CT molecular complexity index is 741. The molecule has 2 rings (SSSR count). The van der Waals surface area contributed by atoms with Crippen molar-refractivity contribution in [1.29, 1.82) is 0 Å². The highest BCUT2D eigenvalue weighted by molar-refractivity contribution is 6.74. The lowest BCUT2D eigenvalue weighted by molar-refractivity contribution is 0.202. The van der Waals surface area contributed by atoms with Crippen molar-refractivity contribution >= 4 is 19.3 Å². The summed E-state index contributed by atoms with van der Waals surface area (Å²) >= 11 is 0. The molecule has 5 heteroatoms. The zero-order valence-corrected chi connectivity index (χ0v) is 15.9. The fourth-order valence-corrected chi connectivity index (χ4v) is 3.16. The Morgan fingerprint density at radius 3 is 2.48 bits per heavy atom. The summed E-state index contributed by atoms with van der Waals surface area (Å²) in [6.45, 7) is 11.6. The normalized spacial score (nSPS) is 12.6. The van der Waals surface area contributed by atoms with E-state index in [4.69, 9.17) is 13.6 Å². The van der Waals surface area contributed by atoms with Crippen LogP contribution in [-0.2, 0) is 11.2 Å². The molecule has 1 aromatic heterocycles. The quantitative estimate of drug-likeness (QED) is 0.602. The first-order chi connectivity index (χ1) is 10.6. The minimum Gasteiger partial charge on any atom is -0.543 e. The maximum Gasteiger partial charge on any atom is 0.336 e. The van der Waals surface area contributed by atoms with E-state index in [1.807, 2.05) is 18.2 Å². The second-order valence-electron chi connectivity index (χ2n) is 7.35. The molecule has 23 heavy (non-hydrogen) atoms. The molecule has 0 aliphatic carbocycles. The Hall–Kier alpha value is -1.59. The van der Waals surface area contributed by atoms with E-state index in [-0.39, 0.29) is 10.7 Å². The summed E-state index contributed by atoms with van der Waals surface area (Å²) in [4.78, 5) is 11.8. The molecular formula is C18H26O4Si. The predicted molar refractivity (Wildman–Crippen MR) is 95.9 cm³/mol. The van der Waals surface area contributed by atoms with E-state index in [2.05, 4.69) is 33.9 Å². The van der Waals surface area contributed by atoms with E-state index in [1.54, 1.807) is 7.11 Å². The molecule has 0 aliphatic rings. The second kappa shape index (κ2) is 6.49. The van der Waals surface area contributed by atoms with Crippen molar-refractivity contribution in [2.45, 2.75) is 45.3 Å². The van der Waals surface area contributed by atoms with Crippen LogP contribution in [0.4, 0.5) is 0 Å². The van der Waals surface area contributed by atoms with Gasteiger partial charge in [0, 0.05) is 24.6 Å². The molecule has 0 aliphatic heterocycles. The average molecular weight is 334 g/mol. The van der Waals surface area contributed by atoms with Gasteiger partial charge in [-0.05, 0) is 42.2 Å². The second-order valence-corrected chi connectivity index (χ2v) is 12.1. The highest BCUT2D eigenvalue weighted by Crippen LogP contribution is 2.38. The summed E-state index contributed by atoms with van der Waals surface area (Å²) in [7, 11) is -0.269. The summed E-state index contributed by atoms with van der Waals surface area (Å²) < 4.78 is 16.8. The minimum atomic E-state index is -1.92. The zero-order chi connectivity index (χ0) is 17.3. The maximum absolute atomic E-state index is 11.8. The van der Waals surface area contributed by atoms with Crippen LogP contribution in [0.3, 0.4) is 0 Å². The van der Waals surface area contributed by atoms with Gasteiger partial charge in [0.15, 0.2) is 0 Å². The number of hydrogen-bond donors (Lipinski definition) is 0. The van der Waals surface area contributed by atoms with Crippen LogP contribution in [0.15, 0.2) is 33.5 Å². The third-order valence-electron chi connectivity index (χ3n) is 4.56. The number of hydrogen-bond acceptors (Lipinski definition) is 4. The molecule has 0 radical (unpaired) electrons. The number of fused-ring (bicyclic) bond motifs is 1. The van der Waals surface area contributed by atoms with Crippen LogP contribution in [0.1, 0.15) is 26.3 Å². The van der Waals surface area contributed by atoms with E-state index >= 15 is 0 Å². The molecule has 0 unspecified atom stereocenters. The fourth-order valence-electron chi connectivity index (χ4n) is 2.14. The molecule has 0 saturated heterocycles. The Balaban J connectivity index is 2.41. The zero-order valence-electron chi connectivity index (χ0n) is 14.9. The van der Waals surface area contributed by atoms with Gasteiger partial charge >= 0.3 is 5.63 Å². The van der Waals surface area contributed by atoms with Gasteiger partial charge in [-0.25, -0.2) is 4.79 Å². The molecule has 0 N–H and O–H groups in total. The topological polar surface area (TPSA) is 48.7 Å². The van der Waals surface area contributed by atoms with Gasteiger partial charge in [0.2, 0.25) is 8.32 Å². The smallest absolute Gasteiger partial charge is 0.336 e. The van der Waals surface area contributed by atoms with Crippen molar-refractivity contribution in [1.82, 2.24) is 0 Å². The van der Waals surface area contributed by atoms with Gasteiger partial charge in [0.05, 0.1) is 6.61 Å². The molecule has 0 atom stereocenters. The molecule has 0 spiro atoms. The number of rotatable bonds is 5. The first-order valence-electron chi connectivity index (χ1n) is 7.89. The van der Waals surface area contributed by atoms with E-state index in [1.165, 1.54) is 6.07 Å². The summed E-state index contributed by atoms with van der Waals surface area (Å²) in [6.07, 6.45) is 0.682. The van der Waals surface area contributed by atoms with Gasteiger partial charge in [0.25, 0.3) is 0 Å². The number of ether oxygens (including phenoxy) is 1. The largest absolute Gasteiger partial charge is 0.543 e. The van der Waals surface area contributed by atoms with Gasteiger partial charge in [0.1, 0.15) is 11.3 Å². The van der Waals surface area contributed by atoms with E-state index in [0.29, 0.717) is 18.6 Å². The molecule has 0 fully saturated rings. The third-order valence-corrected chi connectivity index (χ3v) is 8.91. The molecule has 0 saturated carbocycles. The molecule has 4 nitrogen and oxygen atoms in total. The number of benzene rings is 1. The lowest BCUT2D eigenvalue weighted by Crippen LogP contribution is -2.43. The van der Waals surface area contributed by atoms with Crippen molar-refractivity contribution in [3.05, 3.63) is 40.2 Å². The Labute approximate surface area is 138 Å². The van der Waals surface area contributed by atoms with E-state index < -0.39 is 8.32 Å². The van der Waals surface area contributed by atoms with Crippen LogP contribution in [0, 0.1) is 0 Å². The first-order valence-corrected chi connectivity index (χ1v) is 10.8. The lowest BCUT2D eigenvalue weighted by Gasteiger charge is -2.36. The van der Waals surface area contributed by atoms with Crippen molar-refractivity contribution in [2.24, 2.45) is 0 Å². The van der Waals surface area contributed by atoms with Gasteiger partial charge in [-0.3, -0.25) is 0 Å². The van der Waals surface area contributed by atoms with Crippen LogP contribution < -0.4 is 10.1 Å². The summed E-state index contributed by atoms with van der Waals surface area (Å²) in [5.41, 5.74) is 1.17. The van der Waals surface area contributed by atoms with Crippen molar-refractivity contribution in [3.63, 3.8) is 0 Å². The Morgan fingerprint density at radius 2 is 1.87 bits per heavy atom. The molecule has 126 valence electrons. The van der Waals surface area contributed by atoms with Crippen LogP contribution in [0.5, 0.6) is 5.75 Å². The summed E-state index contributed by atoms with van der Waals surface area (Å²) in [6, 6.07) is 7.29. The van der Waals surface area contributed by atoms with E-state index in [0.717, 1.165) is 16.7 Å².